The van der Waals surface area contributed by atoms with Gasteiger partial charge in [-0.3, -0.25) is 4.79 Å². The van der Waals surface area contributed by atoms with Crippen LogP contribution in [-0.4, -0.2) is 16.1 Å². The van der Waals surface area contributed by atoms with E-state index in [9.17, 15) is 4.79 Å². The van der Waals surface area contributed by atoms with Crippen molar-refractivity contribution in [1.82, 2.24) is 9.78 Å². The van der Waals surface area contributed by atoms with E-state index < -0.39 is 0 Å². The molecule has 1 aromatic heterocycles. The van der Waals surface area contributed by atoms with E-state index in [2.05, 4.69) is 27.7 Å². The Morgan fingerprint density at radius 3 is 2.48 bits per heavy atom. The molecule has 0 aliphatic rings. The number of halogens is 2. The SMILES string of the molecule is O=Cc1cn(-c2ccccc2Cl)nc1-c1ccc(I)cc1. The predicted octanol–water partition coefficient (Wildman–Crippen LogP) is 4.61. The van der Waals surface area contributed by atoms with Crippen molar-refractivity contribution < 1.29 is 4.79 Å². The standard InChI is InChI=1S/C16H10ClIN2O/c17-14-3-1-2-4-15(14)20-9-12(10-21)16(19-20)11-5-7-13(18)8-6-11/h1-10H. The molecule has 0 fully saturated rings. The van der Waals surface area contributed by atoms with E-state index in [1.807, 2.05) is 42.5 Å². The maximum atomic E-state index is 11.3. The third-order valence-electron chi connectivity index (χ3n) is 3.09. The molecular formula is C16H10ClIN2O. The highest BCUT2D eigenvalue weighted by molar-refractivity contribution is 14.1. The number of carbonyl (C=O) groups is 1. The Morgan fingerprint density at radius 1 is 1.10 bits per heavy atom. The second-order valence-corrected chi connectivity index (χ2v) is 6.11. The number of hydrogen-bond donors (Lipinski definition) is 0. The normalized spacial score (nSPS) is 10.6. The van der Waals surface area contributed by atoms with Crippen LogP contribution in [0.4, 0.5) is 0 Å². The molecule has 1 heterocycles. The fourth-order valence-corrected chi connectivity index (χ4v) is 2.65. The number of carbonyl (C=O) groups excluding carboxylic acids is 1. The Labute approximate surface area is 140 Å². The molecule has 0 saturated carbocycles. The van der Waals surface area contributed by atoms with Crippen LogP contribution in [0.1, 0.15) is 10.4 Å². The molecule has 3 nitrogen and oxygen atoms in total. The van der Waals surface area contributed by atoms with Crippen LogP contribution < -0.4 is 0 Å². The predicted molar refractivity (Wildman–Crippen MR) is 92.1 cm³/mol. The molecule has 0 aliphatic heterocycles. The summed E-state index contributed by atoms with van der Waals surface area (Å²) in [4.78, 5) is 11.3. The summed E-state index contributed by atoms with van der Waals surface area (Å²) < 4.78 is 2.77. The first-order valence-corrected chi connectivity index (χ1v) is 7.70. The highest BCUT2D eigenvalue weighted by Gasteiger charge is 2.12. The fourth-order valence-electron chi connectivity index (χ4n) is 2.07. The maximum Gasteiger partial charge on any atom is 0.153 e. The average molecular weight is 409 g/mol. The van der Waals surface area contributed by atoms with E-state index in [0.717, 1.165) is 21.1 Å². The van der Waals surface area contributed by atoms with E-state index in [0.29, 0.717) is 16.3 Å². The van der Waals surface area contributed by atoms with Crippen molar-refractivity contribution in [1.29, 1.82) is 0 Å². The van der Waals surface area contributed by atoms with Crippen LogP contribution in [0, 0.1) is 3.57 Å². The van der Waals surface area contributed by atoms with E-state index in [-0.39, 0.29) is 0 Å². The first kappa shape index (κ1) is 14.3. The highest BCUT2D eigenvalue weighted by atomic mass is 127. The minimum Gasteiger partial charge on any atom is -0.298 e. The summed E-state index contributed by atoms with van der Waals surface area (Å²) in [7, 11) is 0. The minimum absolute atomic E-state index is 0.538. The third kappa shape index (κ3) is 2.87. The van der Waals surface area contributed by atoms with Gasteiger partial charge in [-0.25, -0.2) is 4.68 Å². The molecule has 0 unspecified atom stereocenters. The van der Waals surface area contributed by atoms with E-state index in [1.165, 1.54) is 0 Å². The van der Waals surface area contributed by atoms with Gasteiger partial charge in [-0.15, -0.1) is 0 Å². The molecule has 0 spiro atoms. The molecule has 2 aromatic carbocycles. The summed E-state index contributed by atoms with van der Waals surface area (Å²) in [6.07, 6.45) is 2.51. The molecular weight excluding hydrogens is 399 g/mol. The zero-order valence-corrected chi connectivity index (χ0v) is 13.7. The van der Waals surface area contributed by atoms with Gasteiger partial charge in [0.1, 0.15) is 5.69 Å². The minimum atomic E-state index is 0.538. The van der Waals surface area contributed by atoms with Crippen LogP contribution in [-0.2, 0) is 0 Å². The zero-order chi connectivity index (χ0) is 14.8. The van der Waals surface area contributed by atoms with Crippen LogP contribution in [0.25, 0.3) is 16.9 Å². The van der Waals surface area contributed by atoms with Crippen LogP contribution in [0.2, 0.25) is 5.02 Å². The lowest BCUT2D eigenvalue weighted by atomic mass is 10.1. The molecule has 3 aromatic rings. The van der Waals surface area contributed by atoms with Gasteiger partial charge >= 0.3 is 0 Å². The number of hydrogen-bond acceptors (Lipinski definition) is 2. The fraction of sp³-hybridized carbons (Fsp3) is 0. The van der Waals surface area contributed by atoms with E-state index in [4.69, 9.17) is 11.6 Å². The molecule has 3 rings (SSSR count). The molecule has 0 bridgehead atoms. The first-order valence-electron chi connectivity index (χ1n) is 6.25. The lowest BCUT2D eigenvalue weighted by molar-refractivity contribution is 0.112. The molecule has 0 saturated heterocycles. The lowest BCUT2D eigenvalue weighted by Crippen LogP contribution is -1.95. The monoisotopic (exact) mass is 408 g/mol. The van der Waals surface area contributed by atoms with Gasteiger partial charge in [0, 0.05) is 15.3 Å². The van der Waals surface area contributed by atoms with Crippen LogP contribution in [0.5, 0.6) is 0 Å². The summed E-state index contributed by atoms with van der Waals surface area (Å²) in [6.45, 7) is 0. The van der Waals surface area contributed by atoms with Crippen molar-refractivity contribution in [3.63, 3.8) is 0 Å². The van der Waals surface area contributed by atoms with Crippen molar-refractivity contribution >= 4 is 40.5 Å². The maximum absolute atomic E-state index is 11.3. The number of aromatic nitrogens is 2. The van der Waals surface area contributed by atoms with Crippen LogP contribution in [0.15, 0.2) is 54.7 Å². The van der Waals surface area contributed by atoms with Crippen molar-refractivity contribution in [2.24, 2.45) is 0 Å². The van der Waals surface area contributed by atoms with Gasteiger partial charge in [-0.1, -0.05) is 35.9 Å². The number of aldehydes is 1. The molecule has 0 aliphatic carbocycles. The summed E-state index contributed by atoms with van der Waals surface area (Å²) in [5.41, 5.74) is 2.85. The quantitative estimate of drug-likeness (QED) is 0.469. The molecule has 21 heavy (non-hydrogen) atoms. The summed E-state index contributed by atoms with van der Waals surface area (Å²) in [5.74, 6) is 0. The topological polar surface area (TPSA) is 34.9 Å². The van der Waals surface area contributed by atoms with Crippen LogP contribution >= 0.6 is 34.2 Å². The Balaban J connectivity index is 2.13. The van der Waals surface area contributed by atoms with Gasteiger partial charge in [-0.05, 0) is 46.9 Å². The number of rotatable bonds is 3. The summed E-state index contributed by atoms with van der Waals surface area (Å²) in [6, 6.07) is 15.3. The van der Waals surface area contributed by atoms with Gasteiger partial charge in [0.2, 0.25) is 0 Å². The Kier molecular flexibility index (Phi) is 4.07. The van der Waals surface area contributed by atoms with Crippen LogP contribution in [0.3, 0.4) is 0 Å². The number of para-hydroxylation sites is 1. The third-order valence-corrected chi connectivity index (χ3v) is 4.13. The summed E-state index contributed by atoms with van der Waals surface area (Å²) in [5, 5.41) is 5.10. The van der Waals surface area contributed by atoms with Gasteiger partial charge in [0.15, 0.2) is 6.29 Å². The Hall–Kier alpha value is -1.66. The van der Waals surface area contributed by atoms with E-state index in [1.54, 1.807) is 16.9 Å². The zero-order valence-electron chi connectivity index (χ0n) is 10.8. The van der Waals surface area contributed by atoms with Gasteiger partial charge < -0.3 is 0 Å². The van der Waals surface area contributed by atoms with Crippen molar-refractivity contribution in [2.75, 3.05) is 0 Å². The second kappa shape index (κ2) is 5.99. The molecule has 0 N–H and O–H groups in total. The first-order chi connectivity index (χ1) is 10.2. The number of nitrogens with zero attached hydrogens (tertiary/aromatic N) is 2. The molecule has 0 radical (unpaired) electrons. The molecule has 0 amide bonds. The number of benzene rings is 2. The average Bonchev–Trinajstić information content (AvgIpc) is 2.92. The molecule has 104 valence electrons. The molecule has 0 atom stereocenters. The summed E-state index contributed by atoms with van der Waals surface area (Å²) >= 11 is 8.42. The van der Waals surface area contributed by atoms with Crippen molar-refractivity contribution in [2.45, 2.75) is 0 Å². The second-order valence-electron chi connectivity index (χ2n) is 4.45. The highest BCUT2D eigenvalue weighted by Crippen LogP contribution is 2.25. The smallest absolute Gasteiger partial charge is 0.153 e. The van der Waals surface area contributed by atoms with Crippen molar-refractivity contribution in [3.05, 3.63) is 68.9 Å². The van der Waals surface area contributed by atoms with Gasteiger partial charge in [0.25, 0.3) is 0 Å². The largest absolute Gasteiger partial charge is 0.298 e. The van der Waals surface area contributed by atoms with Crippen molar-refractivity contribution in [3.8, 4) is 16.9 Å². The van der Waals surface area contributed by atoms with Gasteiger partial charge in [0.05, 0.1) is 16.3 Å². The van der Waals surface area contributed by atoms with Gasteiger partial charge in [-0.2, -0.15) is 5.10 Å². The lowest BCUT2D eigenvalue weighted by Gasteiger charge is -2.03. The molecule has 5 heteroatoms. The van der Waals surface area contributed by atoms with E-state index >= 15 is 0 Å². The Bertz CT molecular complexity index is 796. The Morgan fingerprint density at radius 2 is 1.81 bits per heavy atom.